The fourth-order valence-corrected chi connectivity index (χ4v) is 8.51. The van der Waals surface area contributed by atoms with Crippen LogP contribution in [0.4, 0.5) is 0 Å². The van der Waals surface area contributed by atoms with Crippen LogP contribution < -0.4 is 0 Å². The number of nitrogens with zero attached hydrogens (tertiary/aromatic N) is 2. The van der Waals surface area contributed by atoms with E-state index in [0.29, 0.717) is 0 Å². The molecule has 2 heteroatoms. The Bertz CT molecular complexity index is 3180. The Labute approximate surface area is 288 Å². The van der Waals surface area contributed by atoms with E-state index in [1.165, 1.54) is 92.6 Å². The van der Waals surface area contributed by atoms with Crippen molar-refractivity contribution in [1.29, 1.82) is 0 Å². The van der Waals surface area contributed by atoms with Gasteiger partial charge in [0.25, 0.3) is 0 Å². The fourth-order valence-electron chi connectivity index (χ4n) is 8.51. The van der Waals surface area contributed by atoms with Crippen molar-refractivity contribution in [3.63, 3.8) is 0 Å². The molecule has 0 unspecified atom stereocenters. The second kappa shape index (κ2) is 10.4. The summed E-state index contributed by atoms with van der Waals surface area (Å²) in [6, 6.07) is 66.9. The Morgan fingerprint density at radius 2 is 0.700 bits per heavy atom. The number of fused-ring (bicyclic) bond motifs is 13. The first-order chi connectivity index (χ1) is 24.8. The van der Waals surface area contributed by atoms with Gasteiger partial charge < -0.3 is 8.97 Å². The van der Waals surface area contributed by atoms with Crippen LogP contribution in [0, 0.1) is 0 Å². The molecule has 0 amide bonds. The van der Waals surface area contributed by atoms with Crippen molar-refractivity contribution < 1.29 is 0 Å². The van der Waals surface area contributed by atoms with Crippen LogP contribution in [0.1, 0.15) is 0 Å². The van der Waals surface area contributed by atoms with E-state index in [0.717, 1.165) is 5.69 Å². The van der Waals surface area contributed by atoms with E-state index in [-0.39, 0.29) is 0 Å². The first-order valence-electron chi connectivity index (χ1n) is 17.3. The van der Waals surface area contributed by atoms with Gasteiger partial charge in [-0.05, 0) is 69.1 Å². The molecule has 0 saturated heterocycles. The second-order valence-electron chi connectivity index (χ2n) is 13.3. The normalized spacial score (nSPS) is 12.0. The van der Waals surface area contributed by atoms with Crippen LogP contribution >= 0.6 is 0 Å². The van der Waals surface area contributed by atoms with E-state index in [1.54, 1.807) is 0 Å². The van der Waals surface area contributed by atoms with Gasteiger partial charge in [-0.2, -0.15) is 0 Å². The van der Waals surface area contributed by atoms with Crippen molar-refractivity contribution in [2.75, 3.05) is 0 Å². The van der Waals surface area contributed by atoms with E-state index in [1.807, 2.05) is 0 Å². The maximum Gasteiger partial charge on any atom is 0.0619 e. The SMILES string of the molecule is c1ccc(-c2ccc(-n3c4ccccc4c4cc5c(cc43)c3cccc4c6ccccc6c6ccccc6c6ccccc6n5c43)cc2)cc1. The lowest BCUT2D eigenvalue weighted by Crippen LogP contribution is -1.93. The molecule has 11 aromatic rings. The third-order valence-corrected chi connectivity index (χ3v) is 10.7. The molecule has 2 nitrogen and oxygen atoms in total. The van der Waals surface area contributed by atoms with Gasteiger partial charge in [-0.1, -0.05) is 146 Å². The third-order valence-electron chi connectivity index (χ3n) is 10.7. The molecule has 0 aliphatic heterocycles. The summed E-state index contributed by atoms with van der Waals surface area (Å²) in [7, 11) is 0. The predicted octanol–water partition coefficient (Wildman–Crippen LogP) is 13.0. The van der Waals surface area contributed by atoms with Gasteiger partial charge in [0.05, 0.1) is 27.6 Å². The highest BCUT2D eigenvalue weighted by Gasteiger charge is 2.19. The Morgan fingerprint density at radius 1 is 0.260 bits per heavy atom. The lowest BCUT2D eigenvalue weighted by Gasteiger charge is -2.10. The Kier molecular flexibility index (Phi) is 5.70. The summed E-state index contributed by atoms with van der Waals surface area (Å²) in [6.45, 7) is 0. The Balaban J connectivity index is 1.34. The molecule has 0 spiro atoms. The molecular formula is C48H30N2. The summed E-state index contributed by atoms with van der Waals surface area (Å²) in [4.78, 5) is 0. The zero-order valence-corrected chi connectivity index (χ0v) is 27.2. The minimum Gasteiger partial charge on any atom is -0.309 e. The minimum absolute atomic E-state index is 1.16. The highest BCUT2D eigenvalue weighted by molar-refractivity contribution is 6.27. The summed E-state index contributed by atoms with van der Waals surface area (Å²) < 4.78 is 4.98. The van der Waals surface area contributed by atoms with Gasteiger partial charge in [0, 0.05) is 38.0 Å². The highest BCUT2D eigenvalue weighted by atomic mass is 15.0. The standard InChI is InChI=1S/C48H30N2/c1-2-13-31(14-3-1)32-25-27-33(28-26-32)49-44-23-10-9-20-39(44)42-29-47-43(30-46(42)49)41-22-12-21-40-37-18-7-5-16-35(37)34-15-4-6-17-36(34)38-19-8-11-24-45(38)50(47)48(40)41/h1-30H. The van der Waals surface area contributed by atoms with Gasteiger partial charge in [0.2, 0.25) is 0 Å². The van der Waals surface area contributed by atoms with Gasteiger partial charge in [-0.3, -0.25) is 0 Å². The molecular weight excluding hydrogens is 605 g/mol. The van der Waals surface area contributed by atoms with E-state index in [2.05, 4.69) is 191 Å². The molecule has 0 saturated carbocycles. The lowest BCUT2D eigenvalue weighted by molar-refractivity contribution is 1.18. The summed E-state index contributed by atoms with van der Waals surface area (Å²) >= 11 is 0. The number of aromatic nitrogens is 2. The molecule has 3 heterocycles. The number of hydrogen-bond donors (Lipinski definition) is 0. The van der Waals surface area contributed by atoms with Crippen LogP contribution in [-0.2, 0) is 0 Å². The zero-order chi connectivity index (χ0) is 32.8. The first kappa shape index (κ1) is 27.3. The molecule has 232 valence electrons. The van der Waals surface area contributed by atoms with E-state index in [9.17, 15) is 0 Å². The van der Waals surface area contributed by atoms with Crippen LogP contribution in [0.15, 0.2) is 182 Å². The van der Waals surface area contributed by atoms with Crippen molar-refractivity contribution in [3.05, 3.63) is 182 Å². The van der Waals surface area contributed by atoms with Crippen LogP contribution in [0.2, 0.25) is 0 Å². The maximum absolute atomic E-state index is 2.54. The van der Waals surface area contributed by atoms with Crippen LogP contribution in [0.5, 0.6) is 0 Å². The minimum atomic E-state index is 1.16. The van der Waals surface area contributed by atoms with Crippen molar-refractivity contribution in [2.24, 2.45) is 0 Å². The number of para-hydroxylation sites is 3. The monoisotopic (exact) mass is 634 g/mol. The smallest absolute Gasteiger partial charge is 0.0619 e. The van der Waals surface area contributed by atoms with Crippen molar-refractivity contribution in [2.45, 2.75) is 0 Å². The Hall–Kier alpha value is -6.64. The largest absolute Gasteiger partial charge is 0.309 e. The summed E-state index contributed by atoms with van der Waals surface area (Å²) in [5.41, 5.74) is 9.67. The highest BCUT2D eigenvalue weighted by Crippen LogP contribution is 2.42. The average Bonchev–Trinajstić information content (AvgIpc) is 3.70. The van der Waals surface area contributed by atoms with Gasteiger partial charge >= 0.3 is 0 Å². The average molecular weight is 635 g/mol. The van der Waals surface area contributed by atoms with Crippen molar-refractivity contribution in [3.8, 4) is 16.8 Å². The van der Waals surface area contributed by atoms with E-state index >= 15 is 0 Å². The predicted molar refractivity (Wildman–Crippen MR) is 214 cm³/mol. The molecule has 0 N–H and O–H groups in total. The van der Waals surface area contributed by atoms with Crippen LogP contribution in [0.25, 0.3) is 98.3 Å². The molecule has 0 atom stereocenters. The third kappa shape index (κ3) is 3.79. The topological polar surface area (TPSA) is 9.34 Å². The van der Waals surface area contributed by atoms with Crippen molar-refractivity contribution >= 4 is 81.4 Å². The van der Waals surface area contributed by atoms with Crippen LogP contribution in [0.3, 0.4) is 0 Å². The molecule has 11 rings (SSSR count). The van der Waals surface area contributed by atoms with Gasteiger partial charge in [0.1, 0.15) is 0 Å². The summed E-state index contributed by atoms with van der Waals surface area (Å²) in [5.74, 6) is 0. The molecule has 0 bridgehead atoms. The maximum atomic E-state index is 2.54. The number of benzene rings is 8. The first-order valence-corrected chi connectivity index (χ1v) is 17.3. The fraction of sp³-hybridized carbons (Fsp3) is 0. The van der Waals surface area contributed by atoms with Gasteiger partial charge in [0.15, 0.2) is 0 Å². The van der Waals surface area contributed by atoms with E-state index < -0.39 is 0 Å². The van der Waals surface area contributed by atoms with Gasteiger partial charge in [-0.15, -0.1) is 0 Å². The Morgan fingerprint density at radius 3 is 1.38 bits per heavy atom. The zero-order valence-electron chi connectivity index (χ0n) is 27.2. The molecule has 8 aromatic carbocycles. The van der Waals surface area contributed by atoms with Crippen LogP contribution in [-0.4, -0.2) is 8.97 Å². The lowest BCUT2D eigenvalue weighted by atomic mass is 10.0. The molecule has 0 aliphatic carbocycles. The molecule has 0 aliphatic rings. The number of rotatable bonds is 2. The van der Waals surface area contributed by atoms with Crippen molar-refractivity contribution in [1.82, 2.24) is 8.97 Å². The molecule has 50 heavy (non-hydrogen) atoms. The number of hydrogen-bond acceptors (Lipinski definition) is 0. The quantitative estimate of drug-likeness (QED) is 0.179. The summed E-state index contributed by atoms with van der Waals surface area (Å²) in [5, 5.41) is 12.5. The second-order valence-corrected chi connectivity index (χ2v) is 13.3. The molecule has 0 fully saturated rings. The molecule has 3 aromatic heterocycles. The summed E-state index contributed by atoms with van der Waals surface area (Å²) in [6.07, 6.45) is 0. The molecule has 0 radical (unpaired) electrons. The van der Waals surface area contributed by atoms with E-state index in [4.69, 9.17) is 0 Å². The van der Waals surface area contributed by atoms with Gasteiger partial charge in [-0.25, -0.2) is 0 Å².